The molecular weight excluding hydrogens is 160 g/mol. The van der Waals surface area contributed by atoms with Crippen molar-refractivity contribution in [3.05, 3.63) is 29.1 Å². The largest absolute Gasteiger partial charge is 0.316 e. The van der Waals surface area contributed by atoms with Gasteiger partial charge in [0, 0.05) is 23.9 Å². The maximum Gasteiger partial charge on any atom is 0.0479 e. The van der Waals surface area contributed by atoms with Gasteiger partial charge in [-0.3, -0.25) is 4.98 Å². The second-order valence-corrected chi connectivity index (χ2v) is 3.84. The van der Waals surface area contributed by atoms with Gasteiger partial charge in [-0.25, -0.2) is 0 Å². The molecule has 1 aliphatic rings. The van der Waals surface area contributed by atoms with E-state index in [0.717, 1.165) is 18.8 Å². The zero-order valence-corrected chi connectivity index (χ0v) is 8.30. The third-order valence-electron chi connectivity index (χ3n) is 2.72. The van der Waals surface area contributed by atoms with E-state index in [1.54, 1.807) is 0 Å². The summed E-state index contributed by atoms with van der Waals surface area (Å²) in [6.07, 6.45) is 1.23. The Morgan fingerprint density at radius 1 is 1.38 bits per heavy atom. The summed E-state index contributed by atoms with van der Waals surface area (Å²) in [4.78, 5) is 4.61. The molecule has 0 aromatic carbocycles. The van der Waals surface area contributed by atoms with Crippen molar-refractivity contribution in [2.75, 3.05) is 13.1 Å². The first-order valence-electron chi connectivity index (χ1n) is 4.92. The molecule has 2 rings (SSSR count). The Labute approximate surface area is 79.4 Å². The van der Waals surface area contributed by atoms with Crippen LogP contribution in [0.2, 0.25) is 0 Å². The van der Waals surface area contributed by atoms with Crippen LogP contribution in [-0.2, 0) is 0 Å². The number of nitrogens with one attached hydrogen (secondary N) is 1. The van der Waals surface area contributed by atoms with E-state index in [1.165, 1.54) is 17.7 Å². The zero-order chi connectivity index (χ0) is 9.26. The molecule has 1 aromatic heterocycles. The molecule has 1 N–H and O–H groups in total. The molecule has 1 aromatic rings. The van der Waals surface area contributed by atoms with Crippen molar-refractivity contribution in [1.82, 2.24) is 10.3 Å². The summed E-state index contributed by atoms with van der Waals surface area (Å²) in [5.74, 6) is 0.639. The second-order valence-electron chi connectivity index (χ2n) is 3.84. The Hall–Kier alpha value is -0.890. The third kappa shape index (κ3) is 1.73. The van der Waals surface area contributed by atoms with Crippen molar-refractivity contribution in [2.45, 2.75) is 26.2 Å². The summed E-state index contributed by atoms with van der Waals surface area (Å²) in [7, 11) is 0. The van der Waals surface area contributed by atoms with Gasteiger partial charge in [0.1, 0.15) is 0 Å². The highest BCUT2D eigenvalue weighted by Crippen LogP contribution is 2.23. The van der Waals surface area contributed by atoms with Crippen LogP contribution < -0.4 is 5.32 Å². The minimum Gasteiger partial charge on any atom is -0.316 e. The number of aryl methyl sites for hydroxylation is 2. The summed E-state index contributed by atoms with van der Waals surface area (Å²) < 4.78 is 0. The van der Waals surface area contributed by atoms with Crippen molar-refractivity contribution in [1.29, 1.82) is 0 Å². The van der Waals surface area contributed by atoms with Gasteiger partial charge in [0.15, 0.2) is 0 Å². The number of rotatable bonds is 1. The first-order chi connectivity index (χ1) is 6.27. The molecule has 1 unspecified atom stereocenters. The lowest BCUT2D eigenvalue weighted by molar-refractivity contribution is 0.724. The van der Waals surface area contributed by atoms with E-state index in [2.05, 4.69) is 36.3 Å². The summed E-state index contributed by atoms with van der Waals surface area (Å²) in [6.45, 7) is 6.45. The topological polar surface area (TPSA) is 24.9 Å². The fraction of sp³-hybridized carbons (Fsp3) is 0.545. The summed E-state index contributed by atoms with van der Waals surface area (Å²) in [6, 6.07) is 4.26. The van der Waals surface area contributed by atoms with E-state index in [9.17, 15) is 0 Å². The average Bonchev–Trinajstić information content (AvgIpc) is 2.61. The van der Waals surface area contributed by atoms with Gasteiger partial charge in [-0.05, 0) is 38.4 Å². The van der Waals surface area contributed by atoms with Crippen LogP contribution in [-0.4, -0.2) is 18.1 Å². The van der Waals surface area contributed by atoms with Gasteiger partial charge in [0.25, 0.3) is 0 Å². The maximum atomic E-state index is 4.61. The molecule has 1 fully saturated rings. The predicted molar refractivity (Wildman–Crippen MR) is 53.9 cm³/mol. The van der Waals surface area contributed by atoms with Crippen molar-refractivity contribution in [3.8, 4) is 0 Å². The molecule has 0 bridgehead atoms. The SMILES string of the molecule is Cc1ccc(C)c(C2CCNC2)n1. The van der Waals surface area contributed by atoms with E-state index in [4.69, 9.17) is 0 Å². The molecule has 2 heteroatoms. The van der Waals surface area contributed by atoms with Gasteiger partial charge in [0.05, 0.1) is 0 Å². The zero-order valence-electron chi connectivity index (χ0n) is 8.30. The summed E-state index contributed by atoms with van der Waals surface area (Å²) >= 11 is 0. The minimum absolute atomic E-state index is 0.639. The molecule has 1 saturated heterocycles. The first-order valence-corrected chi connectivity index (χ1v) is 4.92. The maximum absolute atomic E-state index is 4.61. The molecule has 2 nitrogen and oxygen atoms in total. The fourth-order valence-corrected chi connectivity index (χ4v) is 1.95. The van der Waals surface area contributed by atoms with E-state index >= 15 is 0 Å². The molecule has 0 saturated carbocycles. The second kappa shape index (κ2) is 3.46. The molecule has 0 spiro atoms. The van der Waals surface area contributed by atoms with Crippen LogP contribution in [0.1, 0.15) is 29.3 Å². The summed E-state index contributed by atoms with van der Waals surface area (Å²) in [5, 5.41) is 3.38. The molecular formula is C11H16N2. The van der Waals surface area contributed by atoms with Crippen LogP contribution in [0.25, 0.3) is 0 Å². The van der Waals surface area contributed by atoms with Gasteiger partial charge in [0.2, 0.25) is 0 Å². The lowest BCUT2D eigenvalue weighted by Gasteiger charge is -2.11. The Bertz CT molecular complexity index is 301. The van der Waals surface area contributed by atoms with Crippen LogP contribution in [0.5, 0.6) is 0 Å². The molecule has 13 heavy (non-hydrogen) atoms. The molecule has 2 heterocycles. The minimum atomic E-state index is 0.639. The van der Waals surface area contributed by atoms with Gasteiger partial charge in [-0.15, -0.1) is 0 Å². The Kier molecular flexibility index (Phi) is 2.32. The monoisotopic (exact) mass is 176 g/mol. The van der Waals surface area contributed by atoms with Crippen LogP contribution in [0.15, 0.2) is 12.1 Å². The number of pyridine rings is 1. The third-order valence-corrected chi connectivity index (χ3v) is 2.72. The molecule has 0 aliphatic carbocycles. The van der Waals surface area contributed by atoms with Gasteiger partial charge in [-0.2, -0.15) is 0 Å². The first kappa shape index (κ1) is 8.70. The number of hydrogen-bond acceptors (Lipinski definition) is 2. The Morgan fingerprint density at radius 3 is 2.92 bits per heavy atom. The standard InChI is InChI=1S/C11H16N2/c1-8-3-4-9(2)13-11(8)10-5-6-12-7-10/h3-4,10,12H,5-7H2,1-2H3. The lowest BCUT2D eigenvalue weighted by atomic mass is 10.00. The van der Waals surface area contributed by atoms with E-state index < -0.39 is 0 Å². The quantitative estimate of drug-likeness (QED) is 0.705. The van der Waals surface area contributed by atoms with E-state index in [-0.39, 0.29) is 0 Å². The van der Waals surface area contributed by atoms with Crippen molar-refractivity contribution in [2.24, 2.45) is 0 Å². The average molecular weight is 176 g/mol. The van der Waals surface area contributed by atoms with Gasteiger partial charge in [-0.1, -0.05) is 6.07 Å². The molecule has 1 aliphatic heterocycles. The van der Waals surface area contributed by atoms with Crippen LogP contribution in [0, 0.1) is 13.8 Å². The Balaban J connectivity index is 2.32. The molecule has 1 atom stereocenters. The fourth-order valence-electron chi connectivity index (χ4n) is 1.95. The van der Waals surface area contributed by atoms with Crippen LogP contribution >= 0.6 is 0 Å². The number of hydrogen-bond donors (Lipinski definition) is 1. The highest BCUT2D eigenvalue weighted by molar-refractivity contribution is 5.25. The number of aromatic nitrogens is 1. The summed E-state index contributed by atoms with van der Waals surface area (Å²) in [5.41, 5.74) is 3.76. The predicted octanol–water partition coefficient (Wildman–Crippen LogP) is 1.78. The van der Waals surface area contributed by atoms with E-state index in [0.29, 0.717) is 5.92 Å². The highest BCUT2D eigenvalue weighted by atomic mass is 14.9. The molecule has 70 valence electrons. The lowest BCUT2D eigenvalue weighted by Crippen LogP contribution is -2.10. The Morgan fingerprint density at radius 2 is 2.23 bits per heavy atom. The smallest absolute Gasteiger partial charge is 0.0479 e. The van der Waals surface area contributed by atoms with Crippen molar-refractivity contribution in [3.63, 3.8) is 0 Å². The highest BCUT2D eigenvalue weighted by Gasteiger charge is 2.19. The normalized spacial score (nSPS) is 22.2. The number of nitrogens with zero attached hydrogens (tertiary/aromatic N) is 1. The van der Waals surface area contributed by atoms with E-state index in [1.807, 2.05) is 0 Å². The van der Waals surface area contributed by atoms with Crippen LogP contribution in [0.4, 0.5) is 0 Å². The van der Waals surface area contributed by atoms with Crippen LogP contribution in [0.3, 0.4) is 0 Å². The molecule has 0 amide bonds. The van der Waals surface area contributed by atoms with Crippen molar-refractivity contribution < 1.29 is 0 Å². The van der Waals surface area contributed by atoms with Gasteiger partial charge < -0.3 is 5.32 Å². The van der Waals surface area contributed by atoms with Crippen molar-refractivity contribution >= 4 is 0 Å². The molecule has 0 radical (unpaired) electrons. The van der Waals surface area contributed by atoms with Gasteiger partial charge >= 0.3 is 0 Å².